The topological polar surface area (TPSA) is 49.4 Å². The molecule has 0 spiro atoms. The molecule has 0 bridgehead atoms. The Labute approximate surface area is 230 Å². The van der Waals surface area contributed by atoms with E-state index in [1.165, 1.54) is 0 Å². The Balaban J connectivity index is 1.80. The van der Waals surface area contributed by atoms with E-state index in [-0.39, 0.29) is 17.9 Å². The molecule has 3 aromatic carbocycles. The molecule has 3 rings (SSSR count). The molecular formula is C31H37ClN2O2S. The van der Waals surface area contributed by atoms with E-state index >= 15 is 0 Å². The van der Waals surface area contributed by atoms with E-state index in [0.717, 1.165) is 40.2 Å². The van der Waals surface area contributed by atoms with Crippen LogP contribution in [-0.2, 0) is 22.6 Å². The number of benzene rings is 3. The Morgan fingerprint density at radius 2 is 1.65 bits per heavy atom. The molecule has 0 aromatic heterocycles. The molecule has 0 aliphatic rings. The Morgan fingerprint density at radius 3 is 2.32 bits per heavy atom. The third-order valence-electron chi connectivity index (χ3n) is 6.49. The quantitative estimate of drug-likeness (QED) is 0.188. The van der Waals surface area contributed by atoms with E-state index in [0.29, 0.717) is 24.4 Å². The van der Waals surface area contributed by atoms with Crippen LogP contribution in [0.4, 0.5) is 0 Å². The lowest BCUT2D eigenvalue weighted by Gasteiger charge is -2.33. The summed E-state index contributed by atoms with van der Waals surface area (Å²) in [5.74, 6) is 0.712. The molecule has 4 nitrogen and oxygen atoms in total. The van der Waals surface area contributed by atoms with E-state index in [2.05, 4.69) is 5.32 Å². The smallest absolute Gasteiger partial charge is 0.243 e. The maximum absolute atomic E-state index is 13.7. The van der Waals surface area contributed by atoms with Gasteiger partial charge in [0, 0.05) is 35.3 Å². The van der Waals surface area contributed by atoms with E-state index in [9.17, 15) is 9.59 Å². The molecule has 0 saturated heterocycles. The molecule has 6 heteroatoms. The zero-order valence-electron chi connectivity index (χ0n) is 22.0. The number of hydrogen-bond acceptors (Lipinski definition) is 3. The second-order valence-corrected chi connectivity index (χ2v) is 11.0. The highest BCUT2D eigenvalue weighted by molar-refractivity contribution is 7.99. The van der Waals surface area contributed by atoms with Crippen LogP contribution in [0.3, 0.4) is 0 Å². The first-order valence-electron chi connectivity index (χ1n) is 12.9. The Kier molecular flexibility index (Phi) is 11.6. The minimum absolute atomic E-state index is 0.000178. The van der Waals surface area contributed by atoms with Crippen molar-refractivity contribution in [2.24, 2.45) is 0 Å². The van der Waals surface area contributed by atoms with Crippen molar-refractivity contribution >= 4 is 35.2 Å². The van der Waals surface area contributed by atoms with Crippen molar-refractivity contribution in [1.29, 1.82) is 0 Å². The molecular weight excluding hydrogens is 500 g/mol. The van der Waals surface area contributed by atoms with Gasteiger partial charge in [0.25, 0.3) is 0 Å². The third-order valence-corrected chi connectivity index (χ3v) is 7.84. The highest BCUT2D eigenvalue weighted by atomic mass is 35.5. The van der Waals surface area contributed by atoms with Crippen LogP contribution in [-0.4, -0.2) is 34.6 Å². The van der Waals surface area contributed by atoms with Crippen molar-refractivity contribution in [3.63, 3.8) is 0 Å². The fourth-order valence-corrected chi connectivity index (χ4v) is 5.03. The molecule has 196 valence electrons. The largest absolute Gasteiger partial charge is 0.352 e. The molecule has 2 atom stereocenters. The monoisotopic (exact) mass is 536 g/mol. The molecule has 0 saturated carbocycles. The van der Waals surface area contributed by atoms with Gasteiger partial charge in [0.2, 0.25) is 11.8 Å². The van der Waals surface area contributed by atoms with Gasteiger partial charge in [-0.2, -0.15) is 0 Å². The van der Waals surface area contributed by atoms with E-state index in [1.807, 2.05) is 99.6 Å². The van der Waals surface area contributed by atoms with Crippen LogP contribution in [0.2, 0.25) is 5.02 Å². The number of nitrogens with one attached hydrogen (secondary N) is 1. The maximum atomic E-state index is 13.7. The van der Waals surface area contributed by atoms with Crippen LogP contribution in [0.25, 0.3) is 0 Å². The molecule has 0 unspecified atom stereocenters. The molecule has 3 aromatic rings. The normalized spacial score (nSPS) is 12.5. The van der Waals surface area contributed by atoms with E-state index in [1.54, 1.807) is 16.7 Å². The number of amides is 2. The van der Waals surface area contributed by atoms with Gasteiger partial charge in [0.05, 0.1) is 0 Å². The van der Waals surface area contributed by atoms with E-state index in [4.69, 9.17) is 11.6 Å². The zero-order chi connectivity index (χ0) is 26.6. The molecule has 2 amide bonds. The lowest BCUT2D eigenvalue weighted by atomic mass is 10.0. The predicted octanol–water partition coefficient (Wildman–Crippen LogP) is 7.08. The molecule has 1 N–H and O–H groups in total. The lowest BCUT2D eigenvalue weighted by Crippen LogP contribution is -2.52. The number of thioether (sulfide) groups is 1. The first-order valence-corrected chi connectivity index (χ1v) is 14.3. The van der Waals surface area contributed by atoms with Crippen molar-refractivity contribution in [2.45, 2.75) is 70.0 Å². The SMILES string of the molecule is CC[C@@H](C)NC(=O)[C@H](Cc1ccccc1)N(Cc1ccccc1C)C(=O)CCCSc1ccc(Cl)cc1. The molecule has 0 aliphatic carbocycles. The van der Waals surface area contributed by atoms with Gasteiger partial charge in [-0.05, 0) is 73.4 Å². The lowest BCUT2D eigenvalue weighted by molar-refractivity contribution is -0.141. The maximum Gasteiger partial charge on any atom is 0.243 e. The number of halogens is 1. The van der Waals surface area contributed by atoms with Gasteiger partial charge in [-0.15, -0.1) is 11.8 Å². The standard InChI is InChI=1S/C31H37ClN2O2S/c1-4-24(3)33-31(36)29(21-25-12-6-5-7-13-25)34(22-26-14-9-8-11-23(26)2)30(35)15-10-20-37-28-18-16-27(32)17-19-28/h5-9,11-14,16-19,24,29H,4,10,15,20-22H2,1-3H3,(H,33,36)/t24-,29+/m1/s1. The summed E-state index contributed by atoms with van der Waals surface area (Å²) in [5.41, 5.74) is 3.20. The van der Waals surface area contributed by atoms with Crippen LogP contribution in [0.15, 0.2) is 83.8 Å². The Hall–Kier alpha value is -2.76. The van der Waals surface area contributed by atoms with Gasteiger partial charge in [-0.1, -0.05) is 73.1 Å². The van der Waals surface area contributed by atoms with Crippen LogP contribution < -0.4 is 5.32 Å². The van der Waals surface area contributed by atoms with Crippen molar-refractivity contribution < 1.29 is 9.59 Å². The second-order valence-electron chi connectivity index (χ2n) is 9.38. The highest BCUT2D eigenvalue weighted by Gasteiger charge is 2.30. The van der Waals surface area contributed by atoms with Crippen LogP contribution in [0, 0.1) is 6.92 Å². The Morgan fingerprint density at radius 1 is 0.973 bits per heavy atom. The number of rotatable bonds is 13. The van der Waals surface area contributed by atoms with Crippen molar-refractivity contribution in [3.05, 3.63) is 101 Å². The first-order chi connectivity index (χ1) is 17.9. The number of carbonyl (C=O) groups is 2. The minimum Gasteiger partial charge on any atom is -0.352 e. The summed E-state index contributed by atoms with van der Waals surface area (Å²) in [7, 11) is 0. The second kappa shape index (κ2) is 14.8. The van der Waals surface area contributed by atoms with Gasteiger partial charge >= 0.3 is 0 Å². The summed E-state index contributed by atoms with van der Waals surface area (Å²) < 4.78 is 0. The fourth-order valence-electron chi connectivity index (χ4n) is 4.05. The minimum atomic E-state index is -0.590. The van der Waals surface area contributed by atoms with Crippen LogP contribution in [0.1, 0.15) is 49.8 Å². The first kappa shape index (κ1) is 28.8. The summed E-state index contributed by atoms with van der Waals surface area (Å²) in [4.78, 5) is 30.2. The fraction of sp³-hybridized carbons (Fsp3) is 0.355. The van der Waals surface area contributed by atoms with Gasteiger partial charge in [-0.3, -0.25) is 9.59 Å². The average Bonchev–Trinajstić information content (AvgIpc) is 2.91. The van der Waals surface area contributed by atoms with Crippen molar-refractivity contribution in [2.75, 3.05) is 5.75 Å². The summed E-state index contributed by atoms with van der Waals surface area (Å²) in [5, 5.41) is 3.85. The van der Waals surface area contributed by atoms with Crippen molar-refractivity contribution in [1.82, 2.24) is 10.2 Å². The summed E-state index contributed by atoms with van der Waals surface area (Å²) >= 11 is 7.70. The summed E-state index contributed by atoms with van der Waals surface area (Å²) in [6.45, 7) is 6.50. The Bertz CT molecular complexity index is 1140. The molecule has 37 heavy (non-hydrogen) atoms. The van der Waals surface area contributed by atoms with Gasteiger partial charge in [0.15, 0.2) is 0 Å². The molecule has 0 heterocycles. The molecule has 0 aliphatic heterocycles. The van der Waals surface area contributed by atoms with Crippen LogP contribution >= 0.6 is 23.4 Å². The van der Waals surface area contributed by atoms with Gasteiger partial charge in [0.1, 0.15) is 6.04 Å². The molecule has 0 radical (unpaired) electrons. The van der Waals surface area contributed by atoms with Gasteiger partial charge in [-0.25, -0.2) is 0 Å². The number of aryl methyl sites for hydroxylation is 1. The molecule has 0 fully saturated rings. The average molecular weight is 537 g/mol. The van der Waals surface area contributed by atoms with Crippen molar-refractivity contribution in [3.8, 4) is 0 Å². The number of nitrogens with zero attached hydrogens (tertiary/aromatic N) is 1. The van der Waals surface area contributed by atoms with Crippen LogP contribution in [0.5, 0.6) is 0 Å². The summed E-state index contributed by atoms with van der Waals surface area (Å²) in [6, 6.07) is 25.2. The van der Waals surface area contributed by atoms with E-state index < -0.39 is 6.04 Å². The summed E-state index contributed by atoms with van der Waals surface area (Å²) in [6.07, 6.45) is 2.41. The zero-order valence-corrected chi connectivity index (χ0v) is 23.5. The third kappa shape index (κ3) is 9.24. The van der Waals surface area contributed by atoms with Gasteiger partial charge < -0.3 is 10.2 Å². The predicted molar refractivity (Wildman–Crippen MR) is 155 cm³/mol. The highest BCUT2D eigenvalue weighted by Crippen LogP contribution is 2.23. The number of hydrogen-bond donors (Lipinski definition) is 1. The number of carbonyl (C=O) groups excluding carboxylic acids is 2.